The third-order valence-electron chi connectivity index (χ3n) is 2.95. The van der Waals surface area contributed by atoms with Gasteiger partial charge in [-0.3, -0.25) is 9.69 Å². The molecule has 0 unspecified atom stereocenters. The normalized spacial score (nSPS) is 10.4. The van der Waals surface area contributed by atoms with Crippen LogP contribution < -0.4 is 0 Å². The lowest BCUT2D eigenvalue weighted by Crippen LogP contribution is -2.33. The summed E-state index contributed by atoms with van der Waals surface area (Å²) in [7, 11) is 0. The van der Waals surface area contributed by atoms with Crippen molar-refractivity contribution < 1.29 is 9.90 Å². The quantitative estimate of drug-likeness (QED) is 0.724. The number of benzene rings is 1. The zero-order valence-corrected chi connectivity index (χ0v) is 11.3. The molecule has 4 nitrogen and oxygen atoms in total. The molecule has 0 heterocycles. The second-order valence-electron chi connectivity index (χ2n) is 4.47. The number of unbranched alkanes of at least 4 members (excludes halogenated alkanes) is 1. The van der Waals surface area contributed by atoms with Crippen LogP contribution in [0.15, 0.2) is 24.3 Å². The van der Waals surface area contributed by atoms with Crippen molar-refractivity contribution in [3.05, 3.63) is 35.4 Å². The first-order valence-electron chi connectivity index (χ1n) is 6.57. The average molecular weight is 260 g/mol. The molecule has 0 bridgehead atoms. The summed E-state index contributed by atoms with van der Waals surface area (Å²) < 4.78 is 0. The van der Waals surface area contributed by atoms with Crippen LogP contribution in [-0.2, 0) is 0 Å². The van der Waals surface area contributed by atoms with Crippen LogP contribution in [0.3, 0.4) is 0 Å². The van der Waals surface area contributed by atoms with E-state index in [0.29, 0.717) is 24.2 Å². The Morgan fingerprint density at radius 3 is 2.53 bits per heavy atom. The number of nitrogens with zero attached hydrogens (tertiary/aromatic N) is 2. The van der Waals surface area contributed by atoms with Gasteiger partial charge in [-0.25, -0.2) is 0 Å². The smallest absolute Gasteiger partial charge is 0.176 e. The van der Waals surface area contributed by atoms with Crippen LogP contribution >= 0.6 is 0 Å². The SMILES string of the molecule is CCCCN(CCO)CC(=O)c1ccc(C#N)cc1. The summed E-state index contributed by atoms with van der Waals surface area (Å²) in [5.74, 6) is 0.0223. The molecule has 0 saturated carbocycles. The fourth-order valence-electron chi connectivity index (χ4n) is 1.82. The molecular formula is C15H20N2O2. The Morgan fingerprint density at radius 2 is 2.00 bits per heavy atom. The van der Waals surface area contributed by atoms with E-state index in [1.807, 2.05) is 11.0 Å². The Hall–Kier alpha value is -1.70. The molecule has 1 aromatic carbocycles. The molecular weight excluding hydrogens is 240 g/mol. The minimum Gasteiger partial charge on any atom is -0.395 e. The fourth-order valence-corrected chi connectivity index (χ4v) is 1.82. The van der Waals surface area contributed by atoms with E-state index in [4.69, 9.17) is 10.4 Å². The molecule has 19 heavy (non-hydrogen) atoms. The predicted octanol–water partition coefficient (Wildman–Crippen LogP) is 1.84. The Bertz CT molecular complexity index is 434. The molecule has 0 aliphatic rings. The number of rotatable bonds is 8. The lowest BCUT2D eigenvalue weighted by Gasteiger charge is -2.20. The van der Waals surface area contributed by atoms with E-state index in [9.17, 15) is 4.79 Å². The summed E-state index contributed by atoms with van der Waals surface area (Å²) in [6.45, 7) is 3.80. The van der Waals surface area contributed by atoms with Crippen LogP contribution in [0.1, 0.15) is 35.7 Å². The van der Waals surface area contributed by atoms with Crippen LogP contribution in [-0.4, -0.2) is 42.0 Å². The summed E-state index contributed by atoms with van der Waals surface area (Å²) in [4.78, 5) is 14.0. The van der Waals surface area contributed by atoms with E-state index >= 15 is 0 Å². The van der Waals surface area contributed by atoms with E-state index in [1.54, 1.807) is 24.3 Å². The Balaban J connectivity index is 2.62. The Morgan fingerprint density at radius 1 is 1.32 bits per heavy atom. The molecule has 0 amide bonds. The topological polar surface area (TPSA) is 64.3 Å². The highest BCUT2D eigenvalue weighted by Gasteiger charge is 2.11. The van der Waals surface area contributed by atoms with Crippen molar-refractivity contribution in [2.45, 2.75) is 19.8 Å². The van der Waals surface area contributed by atoms with Crippen LogP contribution in [0.4, 0.5) is 0 Å². The van der Waals surface area contributed by atoms with Gasteiger partial charge in [-0.05, 0) is 25.1 Å². The second-order valence-corrected chi connectivity index (χ2v) is 4.47. The fraction of sp³-hybridized carbons (Fsp3) is 0.467. The minimum absolute atomic E-state index is 0.0223. The first-order valence-corrected chi connectivity index (χ1v) is 6.57. The van der Waals surface area contributed by atoms with Crippen molar-refractivity contribution in [3.63, 3.8) is 0 Å². The van der Waals surface area contributed by atoms with Gasteiger partial charge in [-0.2, -0.15) is 5.26 Å². The van der Waals surface area contributed by atoms with Gasteiger partial charge >= 0.3 is 0 Å². The number of nitriles is 1. The number of hydrogen-bond donors (Lipinski definition) is 1. The number of carbonyl (C=O) groups excluding carboxylic acids is 1. The zero-order valence-electron chi connectivity index (χ0n) is 11.3. The molecule has 4 heteroatoms. The Kier molecular flexibility index (Phi) is 6.80. The molecule has 0 saturated heterocycles. The van der Waals surface area contributed by atoms with Crippen LogP contribution in [0.2, 0.25) is 0 Å². The monoisotopic (exact) mass is 260 g/mol. The van der Waals surface area contributed by atoms with Crippen molar-refractivity contribution in [1.29, 1.82) is 5.26 Å². The third-order valence-corrected chi connectivity index (χ3v) is 2.95. The third kappa shape index (κ3) is 5.21. The van der Waals surface area contributed by atoms with Gasteiger partial charge < -0.3 is 5.11 Å². The van der Waals surface area contributed by atoms with Gasteiger partial charge in [-0.1, -0.05) is 25.5 Å². The zero-order chi connectivity index (χ0) is 14.1. The van der Waals surface area contributed by atoms with Gasteiger partial charge in [0, 0.05) is 12.1 Å². The molecule has 0 fully saturated rings. The van der Waals surface area contributed by atoms with Crippen LogP contribution in [0.25, 0.3) is 0 Å². The van der Waals surface area contributed by atoms with E-state index in [-0.39, 0.29) is 12.4 Å². The van der Waals surface area contributed by atoms with Crippen molar-refractivity contribution >= 4 is 5.78 Å². The highest BCUT2D eigenvalue weighted by Crippen LogP contribution is 2.06. The maximum Gasteiger partial charge on any atom is 0.176 e. The van der Waals surface area contributed by atoms with Crippen LogP contribution in [0.5, 0.6) is 0 Å². The molecule has 0 aliphatic heterocycles. The minimum atomic E-state index is 0.0223. The molecule has 1 N–H and O–H groups in total. The predicted molar refractivity (Wildman–Crippen MR) is 73.9 cm³/mol. The first-order chi connectivity index (χ1) is 9.21. The molecule has 0 spiro atoms. The molecule has 0 aromatic heterocycles. The molecule has 1 aromatic rings. The van der Waals surface area contributed by atoms with Crippen LogP contribution in [0, 0.1) is 11.3 Å². The first kappa shape index (κ1) is 15.4. The maximum atomic E-state index is 12.1. The van der Waals surface area contributed by atoms with Gasteiger partial charge in [0.25, 0.3) is 0 Å². The summed E-state index contributed by atoms with van der Waals surface area (Å²) >= 11 is 0. The van der Waals surface area contributed by atoms with Gasteiger partial charge in [-0.15, -0.1) is 0 Å². The van der Waals surface area contributed by atoms with E-state index < -0.39 is 0 Å². The van der Waals surface area contributed by atoms with Crippen molar-refractivity contribution in [2.75, 3.05) is 26.2 Å². The number of hydrogen-bond acceptors (Lipinski definition) is 4. The highest BCUT2D eigenvalue weighted by molar-refractivity contribution is 5.97. The largest absolute Gasteiger partial charge is 0.395 e. The summed E-state index contributed by atoms with van der Waals surface area (Å²) in [6.07, 6.45) is 2.08. The summed E-state index contributed by atoms with van der Waals surface area (Å²) in [6, 6.07) is 8.68. The number of carbonyl (C=O) groups is 1. The van der Waals surface area contributed by atoms with E-state index in [0.717, 1.165) is 19.4 Å². The van der Waals surface area contributed by atoms with Gasteiger partial charge in [0.05, 0.1) is 24.8 Å². The summed E-state index contributed by atoms with van der Waals surface area (Å²) in [5.41, 5.74) is 1.16. The maximum absolute atomic E-state index is 12.1. The molecule has 102 valence electrons. The van der Waals surface area contributed by atoms with Gasteiger partial charge in [0.2, 0.25) is 0 Å². The average Bonchev–Trinajstić information content (AvgIpc) is 2.45. The molecule has 0 atom stereocenters. The number of ketones is 1. The van der Waals surface area contributed by atoms with E-state index in [2.05, 4.69) is 6.92 Å². The summed E-state index contributed by atoms with van der Waals surface area (Å²) in [5, 5.41) is 17.7. The Labute approximate surface area is 114 Å². The lowest BCUT2D eigenvalue weighted by atomic mass is 10.1. The van der Waals surface area contributed by atoms with Crippen molar-refractivity contribution in [2.24, 2.45) is 0 Å². The molecule has 0 radical (unpaired) electrons. The van der Waals surface area contributed by atoms with Gasteiger partial charge in [0.1, 0.15) is 0 Å². The molecule has 0 aliphatic carbocycles. The highest BCUT2D eigenvalue weighted by atomic mass is 16.3. The standard InChI is InChI=1S/C15H20N2O2/c1-2-3-8-17(9-10-18)12-15(19)14-6-4-13(11-16)5-7-14/h4-7,18H,2-3,8-10,12H2,1H3. The van der Waals surface area contributed by atoms with Gasteiger partial charge in [0.15, 0.2) is 5.78 Å². The van der Waals surface area contributed by atoms with Crippen molar-refractivity contribution in [3.8, 4) is 6.07 Å². The van der Waals surface area contributed by atoms with E-state index in [1.165, 1.54) is 0 Å². The lowest BCUT2D eigenvalue weighted by molar-refractivity contribution is 0.0913. The number of Topliss-reactive ketones (excluding diaryl/α,β-unsaturated/α-hetero) is 1. The number of aliphatic hydroxyl groups is 1. The number of aliphatic hydroxyl groups excluding tert-OH is 1. The second kappa shape index (κ2) is 8.41. The van der Waals surface area contributed by atoms with Crippen molar-refractivity contribution in [1.82, 2.24) is 4.90 Å². The molecule has 1 rings (SSSR count).